The van der Waals surface area contributed by atoms with Gasteiger partial charge in [-0.25, -0.2) is 8.42 Å². The average Bonchev–Trinajstić information content (AvgIpc) is 2.55. The number of benzene rings is 2. The Labute approximate surface area is 131 Å². The summed E-state index contributed by atoms with van der Waals surface area (Å²) in [6.07, 6.45) is -0.666. The maximum absolute atomic E-state index is 12.2. The number of sulfone groups is 1. The summed E-state index contributed by atoms with van der Waals surface area (Å²) < 4.78 is 24.3. The van der Waals surface area contributed by atoms with Gasteiger partial charge in [-0.1, -0.05) is 48.5 Å². The Balaban J connectivity index is 1.88. The highest BCUT2D eigenvalue weighted by Gasteiger charge is 2.18. The summed E-state index contributed by atoms with van der Waals surface area (Å²) in [6, 6.07) is 17.5. The number of hydrogen-bond acceptors (Lipinski definition) is 4. The quantitative estimate of drug-likeness (QED) is 0.821. The molecule has 2 aromatic carbocycles. The summed E-state index contributed by atoms with van der Waals surface area (Å²) in [4.78, 5) is 0.327. The van der Waals surface area contributed by atoms with Gasteiger partial charge in [-0.2, -0.15) is 0 Å². The van der Waals surface area contributed by atoms with Crippen LogP contribution in [-0.4, -0.2) is 31.9 Å². The Kier molecular flexibility index (Phi) is 5.71. The van der Waals surface area contributed by atoms with E-state index in [1.807, 2.05) is 37.3 Å². The van der Waals surface area contributed by atoms with Crippen LogP contribution in [0.25, 0.3) is 0 Å². The van der Waals surface area contributed by atoms with E-state index in [9.17, 15) is 13.5 Å². The second kappa shape index (κ2) is 7.54. The number of aliphatic hydroxyl groups excluding tert-OH is 1. The monoisotopic (exact) mass is 319 g/mol. The molecule has 5 heteroatoms. The highest BCUT2D eigenvalue weighted by molar-refractivity contribution is 7.91. The number of hydrogen-bond donors (Lipinski definition) is 2. The molecule has 0 aliphatic carbocycles. The van der Waals surface area contributed by atoms with Gasteiger partial charge in [0.15, 0.2) is 9.84 Å². The van der Waals surface area contributed by atoms with Crippen LogP contribution in [-0.2, 0) is 9.84 Å². The minimum atomic E-state index is -3.29. The summed E-state index contributed by atoms with van der Waals surface area (Å²) in [7, 11) is -3.29. The zero-order valence-corrected chi connectivity index (χ0v) is 13.3. The topological polar surface area (TPSA) is 66.4 Å². The normalized spacial score (nSPS) is 14.5. The highest BCUT2D eigenvalue weighted by Crippen LogP contribution is 2.16. The third-order valence-electron chi connectivity index (χ3n) is 3.55. The van der Waals surface area contributed by atoms with Crippen molar-refractivity contribution in [3.05, 3.63) is 66.2 Å². The van der Waals surface area contributed by atoms with Crippen LogP contribution in [0.5, 0.6) is 0 Å². The third kappa shape index (κ3) is 4.40. The smallest absolute Gasteiger partial charge is 0.179 e. The first-order valence-corrected chi connectivity index (χ1v) is 8.90. The molecule has 0 amide bonds. The summed E-state index contributed by atoms with van der Waals surface area (Å²) >= 11 is 0. The number of rotatable bonds is 7. The van der Waals surface area contributed by atoms with Gasteiger partial charge in [-0.05, 0) is 24.6 Å². The Morgan fingerprint density at radius 2 is 1.55 bits per heavy atom. The van der Waals surface area contributed by atoms with Crippen LogP contribution in [0.3, 0.4) is 0 Å². The van der Waals surface area contributed by atoms with E-state index >= 15 is 0 Å². The average molecular weight is 319 g/mol. The minimum absolute atomic E-state index is 0.00284. The second-order valence-electron chi connectivity index (χ2n) is 5.23. The van der Waals surface area contributed by atoms with Crippen molar-refractivity contribution in [1.82, 2.24) is 5.32 Å². The van der Waals surface area contributed by atoms with Crippen molar-refractivity contribution in [3.8, 4) is 0 Å². The standard InChI is InChI=1S/C17H21NO3S/c1-14(17(19)15-8-4-2-5-9-15)18-12-13-22(20,21)16-10-6-3-7-11-16/h2-11,14,17-19H,12-13H2,1H3. The fourth-order valence-electron chi connectivity index (χ4n) is 2.22. The largest absolute Gasteiger partial charge is 0.387 e. The van der Waals surface area contributed by atoms with E-state index in [1.165, 1.54) is 0 Å². The number of aliphatic hydroxyl groups is 1. The van der Waals surface area contributed by atoms with Gasteiger partial charge in [0.1, 0.15) is 0 Å². The van der Waals surface area contributed by atoms with Gasteiger partial charge in [-0.3, -0.25) is 0 Å². The van der Waals surface area contributed by atoms with Crippen LogP contribution < -0.4 is 5.32 Å². The van der Waals surface area contributed by atoms with Crippen LogP contribution in [0.2, 0.25) is 0 Å². The molecule has 22 heavy (non-hydrogen) atoms. The van der Waals surface area contributed by atoms with E-state index < -0.39 is 15.9 Å². The molecule has 2 aromatic rings. The molecule has 2 unspecified atom stereocenters. The van der Waals surface area contributed by atoms with Gasteiger partial charge in [0, 0.05) is 12.6 Å². The molecule has 2 N–H and O–H groups in total. The van der Waals surface area contributed by atoms with E-state index in [4.69, 9.17) is 0 Å². The maximum Gasteiger partial charge on any atom is 0.179 e. The summed E-state index contributed by atoms with van der Waals surface area (Å²) in [5, 5.41) is 13.3. The second-order valence-corrected chi connectivity index (χ2v) is 7.34. The Bertz CT molecular complexity index is 672. The lowest BCUT2D eigenvalue weighted by Crippen LogP contribution is -2.35. The lowest BCUT2D eigenvalue weighted by molar-refractivity contribution is 0.137. The third-order valence-corrected chi connectivity index (χ3v) is 5.29. The fraction of sp³-hybridized carbons (Fsp3) is 0.294. The van der Waals surface area contributed by atoms with Gasteiger partial charge < -0.3 is 10.4 Å². The van der Waals surface area contributed by atoms with Crippen molar-refractivity contribution in [3.63, 3.8) is 0 Å². The predicted molar refractivity (Wildman–Crippen MR) is 87.4 cm³/mol. The maximum atomic E-state index is 12.2. The van der Waals surface area contributed by atoms with E-state index in [1.54, 1.807) is 30.3 Å². The summed E-state index contributed by atoms with van der Waals surface area (Å²) in [6.45, 7) is 2.13. The highest BCUT2D eigenvalue weighted by atomic mass is 32.2. The molecule has 0 aliphatic heterocycles. The molecule has 0 bridgehead atoms. The van der Waals surface area contributed by atoms with Crippen LogP contribution in [0.4, 0.5) is 0 Å². The number of nitrogens with one attached hydrogen (secondary N) is 1. The molecule has 0 aromatic heterocycles. The SMILES string of the molecule is CC(NCCS(=O)(=O)c1ccccc1)C(O)c1ccccc1. The van der Waals surface area contributed by atoms with E-state index in [0.717, 1.165) is 5.56 Å². The Morgan fingerprint density at radius 1 is 1.00 bits per heavy atom. The van der Waals surface area contributed by atoms with Gasteiger partial charge in [0.2, 0.25) is 0 Å². The summed E-state index contributed by atoms with van der Waals surface area (Å²) in [5.41, 5.74) is 0.813. The first-order valence-electron chi connectivity index (χ1n) is 7.25. The molecule has 2 rings (SSSR count). The molecular weight excluding hydrogens is 298 g/mol. The molecule has 0 saturated heterocycles. The van der Waals surface area contributed by atoms with Crippen LogP contribution in [0.1, 0.15) is 18.6 Å². The van der Waals surface area contributed by atoms with Crippen LogP contribution in [0, 0.1) is 0 Å². The lowest BCUT2D eigenvalue weighted by atomic mass is 10.0. The van der Waals surface area contributed by atoms with Gasteiger partial charge >= 0.3 is 0 Å². The zero-order valence-electron chi connectivity index (χ0n) is 12.5. The van der Waals surface area contributed by atoms with Crippen molar-refractivity contribution in [2.45, 2.75) is 24.0 Å². The Morgan fingerprint density at radius 3 is 2.14 bits per heavy atom. The minimum Gasteiger partial charge on any atom is -0.387 e. The molecule has 0 saturated carbocycles. The fourth-order valence-corrected chi connectivity index (χ4v) is 3.41. The van der Waals surface area contributed by atoms with Crippen molar-refractivity contribution in [2.24, 2.45) is 0 Å². The molecule has 118 valence electrons. The van der Waals surface area contributed by atoms with Crippen molar-refractivity contribution in [1.29, 1.82) is 0 Å². The van der Waals surface area contributed by atoms with E-state index in [2.05, 4.69) is 5.32 Å². The summed E-state index contributed by atoms with van der Waals surface area (Å²) in [5.74, 6) is 0.00284. The molecule has 0 heterocycles. The molecular formula is C17H21NO3S. The molecule has 2 atom stereocenters. The Hall–Kier alpha value is -1.69. The van der Waals surface area contributed by atoms with E-state index in [0.29, 0.717) is 11.4 Å². The van der Waals surface area contributed by atoms with Gasteiger partial charge in [0.05, 0.1) is 16.8 Å². The van der Waals surface area contributed by atoms with Crippen LogP contribution >= 0.6 is 0 Å². The van der Waals surface area contributed by atoms with E-state index in [-0.39, 0.29) is 11.8 Å². The zero-order chi connectivity index (χ0) is 16.0. The van der Waals surface area contributed by atoms with Crippen LogP contribution in [0.15, 0.2) is 65.6 Å². The molecule has 0 aliphatic rings. The predicted octanol–water partition coefficient (Wildman–Crippen LogP) is 2.17. The van der Waals surface area contributed by atoms with Gasteiger partial charge in [-0.15, -0.1) is 0 Å². The molecule has 0 radical (unpaired) electrons. The first-order chi connectivity index (χ1) is 10.5. The van der Waals surface area contributed by atoms with Crippen molar-refractivity contribution in [2.75, 3.05) is 12.3 Å². The molecule has 4 nitrogen and oxygen atoms in total. The van der Waals surface area contributed by atoms with Crippen molar-refractivity contribution < 1.29 is 13.5 Å². The van der Waals surface area contributed by atoms with Crippen molar-refractivity contribution >= 4 is 9.84 Å². The lowest BCUT2D eigenvalue weighted by Gasteiger charge is -2.20. The first kappa shape index (κ1) is 16.7. The van der Waals surface area contributed by atoms with Gasteiger partial charge in [0.25, 0.3) is 0 Å². The molecule has 0 spiro atoms. The molecule has 0 fully saturated rings.